The van der Waals surface area contributed by atoms with Crippen LogP contribution in [0, 0.1) is 6.92 Å². The number of rotatable bonds is 7. The highest BCUT2D eigenvalue weighted by atomic mass is 16.5. The summed E-state index contributed by atoms with van der Waals surface area (Å²) in [5.41, 5.74) is 3.24. The largest absolute Gasteiger partial charge is 0.497 e. The molecule has 0 radical (unpaired) electrons. The average Bonchev–Trinajstić information content (AvgIpc) is 2.70. The van der Waals surface area contributed by atoms with E-state index >= 15 is 0 Å². The molecule has 1 amide bonds. The highest BCUT2D eigenvalue weighted by Crippen LogP contribution is 2.22. The number of benzene rings is 2. The highest BCUT2D eigenvalue weighted by molar-refractivity contribution is 5.92. The monoisotopic (exact) mass is 383 g/mol. The molecule has 2 aromatic carbocycles. The quantitative estimate of drug-likeness (QED) is 0.797. The van der Waals surface area contributed by atoms with Gasteiger partial charge in [-0.25, -0.2) is 0 Å². The van der Waals surface area contributed by atoms with Crippen molar-refractivity contribution < 1.29 is 14.3 Å². The van der Waals surface area contributed by atoms with Crippen molar-refractivity contribution in [1.82, 2.24) is 9.80 Å². The molecule has 28 heavy (non-hydrogen) atoms. The number of aryl methyl sites for hydroxylation is 1. The summed E-state index contributed by atoms with van der Waals surface area (Å²) in [6.45, 7) is 7.01. The Bertz CT molecular complexity index is 784. The molecule has 6 nitrogen and oxygen atoms in total. The minimum atomic E-state index is 0.0129. The van der Waals surface area contributed by atoms with E-state index in [1.165, 1.54) is 11.1 Å². The summed E-state index contributed by atoms with van der Waals surface area (Å²) in [6.07, 6.45) is 0. The third-order valence-corrected chi connectivity index (χ3v) is 5.04. The first kappa shape index (κ1) is 20.2. The van der Waals surface area contributed by atoms with Gasteiger partial charge in [-0.15, -0.1) is 0 Å². The van der Waals surface area contributed by atoms with Gasteiger partial charge in [0, 0.05) is 44.0 Å². The predicted molar refractivity (Wildman–Crippen MR) is 111 cm³/mol. The van der Waals surface area contributed by atoms with E-state index in [2.05, 4.69) is 34.2 Å². The number of nitrogens with zero attached hydrogens (tertiary/aromatic N) is 2. The van der Waals surface area contributed by atoms with Gasteiger partial charge >= 0.3 is 0 Å². The van der Waals surface area contributed by atoms with Crippen molar-refractivity contribution in [3.63, 3.8) is 0 Å². The molecule has 3 rings (SSSR count). The first-order chi connectivity index (χ1) is 13.6. The van der Waals surface area contributed by atoms with Gasteiger partial charge in [0.15, 0.2) is 0 Å². The van der Waals surface area contributed by atoms with Crippen LogP contribution in [-0.4, -0.2) is 62.7 Å². The molecule has 0 bridgehead atoms. The van der Waals surface area contributed by atoms with Crippen LogP contribution in [-0.2, 0) is 11.3 Å². The maximum atomic E-state index is 12.3. The lowest BCUT2D eigenvalue weighted by molar-refractivity contribution is -0.117. The van der Waals surface area contributed by atoms with Gasteiger partial charge in [0.25, 0.3) is 0 Å². The second kappa shape index (κ2) is 9.57. The Morgan fingerprint density at radius 2 is 1.64 bits per heavy atom. The van der Waals surface area contributed by atoms with E-state index in [1.807, 2.05) is 30.3 Å². The SMILES string of the molecule is COc1ccc(NC(=O)CN2CCN(Cc3cc(C)ccc3OC)CC2)cc1. The molecular formula is C22H29N3O3. The lowest BCUT2D eigenvalue weighted by atomic mass is 10.1. The second-order valence-corrected chi connectivity index (χ2v) is 7.14. The van der Waals surface area contributed by atoms with E-state index in [0.29, 0.717) is 6.54 Å². The summed E-state index contributed by atoms with van der Waals surface area (Å²) in [5, 5.41) is 2.95. The lowest BCUT2D eigenvalue weighted by Gasteiger charge is -2.34. The smallest absolute Gasteiger partial charge is 0.238 e. The van der Waals surface area contributed by atoms with Crippen molar-refractivity contribution in [2.24, 2.45) is 0 Å². The predicted octanol–water partition coefficient (Wildman–Crippen LogP) is 2.77. The van der Waals surface area contributed by atoms with Crippen molar-refractivity contribution in [3.8, 4) is 11.5 Å². The molecule has 0 atom stereocenters. The van der Waals surface area contributed by atoms with E-state index in [4.69, 9.17) is 9.47 Å². The Labute approximate surface area is 167 Å². The van der Waals surface area contributed by atoms with Crippen LogP contribution < -0.4 is 14.8 Å². The number of carbonyl (C=O) groups excluding carboxylic acids is 1. The summed E-state index contributed by atoms with van der Waals surface area (Å²) in [5.74, 6) is 1.73. The lowest BCUT2D eigenvalue weighted by Crippen LogP contribution is -2.48. The Morgan fingerprint density at radius 3 is 2.29 bits per heavy atom. The van der Waals surface area contributed by atoms with Crippen LogP contribution in [0.2, 0.25) is 0 Å². The van der Waals surface area contributed by atoms with Crippen LogP contribution in [0.15, 0.2) is 42.5 Å². The molecule has 0 aromatic heterocycles. The number of piperazine rings is 1. The molecule has 1 heterocycles. The molecule has 2 aromatic rings. The number of ether oxygens (including phenoxy) is 2. The number of carbonyl (C=O) groups is 1. The standard InChI is InChI=1S/C22H29N3O3/c1-17-4-9-21(28-3)18(14-17)15-24-10-12-25(13-11-24)16-22(26)23-19-5-7-20(27-2)8-6-19/h4-9,14H,10-13,15-16H2,1-3H3,(H,23,26). The Hall–Kier alpha value is -2.57. The Balaban J connectivity index is 1.46. The van der Waals surface area contributed by atoms with Gasteiger partial charge in [-0.1, -0.05) is 17.7 Å². The van der Waals surface area contributed by atoms with Crippen LogP contribution in [0.3, 0.4) is 0 Å². The van der Waals surface area contributed by atoms with Gasteiger partial charge < -0.3 is 14.8 Å². The number of methoxy groups -OCH3 is 2. The van der Waals surface area contributed by atoms with Crippen molar-refractivity contribution in [1.29, 1.82) is 0 Å². The number of anilines is 1. The van der Waals surface area contributed by atoms with Crippen molar-refractivity contribution in [2.45, 2.75) is 13.5 Å². The van der Waals surface area contributed by atoms with Crippen molar-refractivity contribution in [2.75, 3.05) is 52.3 Å². The van der Waals surface area contributed by atoms with Gasteiger partial charge in [-0.2, -0.15) is 0 Å². The summed E-state index contributed by atoms with van der Waals surface area (Å²) in [7, 11) is 3.34. The normalized spacial score (nSPS) is 15.2. The van der Waals surface area contributed by atoms with Crippen LogP contribution in [0.4, 0.5) is 5.69 Å². The first-order valence-electron chi connectivity index (χ1n) is 9.59. The molecule has 6 heteroatoms. The van der Waals surface area contributed by atoms with E-state index < -0.39 is 0 Å². The van der Waals surface area contributed by atoms with Crippen LogP contribution in [0.1, 0.15) is 11.1 Å². The maximum absolute atomic E-state index is 12.3. The molecule has 0 unspecified atom stereocenters. The third-order valence-electron chi connectivity index (χ3n) is 5.04. The Morgan fingerprint density at radius 1 is 0.964 bits per heavy atom. The van der Waals surface area contributed by atoms with Crippen LogP contribution >= 0.6 is 0 Å². The molecule has 0 aliphatic carbocycles. The summed E-state index contributed by atoms with van der Waals surface area (Å²) in [6, 6.07) is 13.7. The third kappa shape index (κ3) is 5.47. The summed E-state index contributed by atoms with van der Waals surface area (Å²) < 4.78 is 10.6. The van der Waals surface area contributed by atoms with Gasteiger partial charge in [0.1, 0.15) is 11.5 Å². The number of amides is 1. The fourth-order valence-electron chi connectivity index (χ4n) is 3.46. The second-order valence-electron chi connectivity index (χ2n) is 7.14. The molecule has 150 valence electrons. The fourth-order valence-corrected chi connectivity index (χ4v) is 3.46. The Kier molecular flexibility index (Phi) is 6.90. The maximum Gasteiger partial charge on any atom is 0.238 e. The first-order valence-corrected chi connectivity index (χ1v) is 9.59. The van der Waals surface area contributed by atoms with Gasteiger partial charge in [0.2, 0.25) is 5.91 Å². The number of nitrogens with one attached hydrogen (secondary N) is 1. The van der Waals surface area contributed by atoms with Crippen LogP contribution in [0.25, 0.3) is 0 Å². The van der Waals surface area contributed by atoms with Crippen LogP contribution in [0.5, 0.6) is 11.5 Å². The van der Waals surface area contributed by atoms with Gasteiger partial charge in [-0.05, 0) is 37.3 Å². The zero-order valence-corrected chi connectivity index (χ0v) is 16.9. The van der Waals surface area contributed by atoms with Gasteiger partial charge in [-0.3, -0.25) is 14.6 Å². The molecule has 1 N–H and O–H groups in total. The molecule has 0 saturated carbocycles. The summed E-state index contributed by atoms with van der Waals surface area (Å²) >= 11 is 0. The zero-order valence-electron chi connectivity index (χ0n) is 16.9. The van der Waals surface area contributed by atoms with Gasteiger partial charge in [0.05, 0.1) is 20.8 Å². The van der Waals surface area contributed by atoms with E-state index in [9.17, 15) is 4.79 Å². The minimum absolute atomic E-state index is 0.0129. The fraction of sp³-hybridized carbons (Fsp3) is 0.409. The molecule has 1 aliphatic heterocycles. The molecule has 1 saturated heterocycles. The van der Waals surface area contributed by atoms with E-state index in [1.54, 1.807) is 14.2 Å². The molecular weight excluding hydrogens is 354 g/mol. The molecule has 1 fully saturated rings. The van der Waals surface area contributed by atoms with Crippen molar-refractivity contribution >= 4 is 11.6 Å². The van der Waals surface area contributed by atoms with E-state index in [0.717, 1.165) is 49.9 Å². The summed E-state index contributed by atoms with van der Waals surface area (Å²) in [4.78, 5) is 16.9. The number of hydrogen-bond donors (Lipinski definition) is 1. The average molecular weight is 383 g/mol. The highest BCUT2D eigenvalue weighted by Gasteiger charge is 2.20. The number of hydrogen-bond acceptors (Lipinski definition) is 5. The van der Waals surface area contributed by atoms with Crippen molar-refractivity contribution in [3.05, 3.63) is 53.6 Å². The zero-order chi connectivity index (χ0) is 19.9. The minimum Gasteiger partial charge on any atom is -0.497 e. The van der Waals surface area contributed by atoms with E-state index in [-0.39, 0.29) is 5.91 Å². The molecule has 0 spiro atoms. The molecule has 1 aliphatic rings. The topological polar surface area (TPSA) is 54.0 Å².